The van der Waals surface area contributed by atoms with Crippen molar-refractivity contribution in [3.63, 3.8) is 0 Å². The van der Waals surface area contributed by atoms with E-state index in [4.69, 9.17) is 0 Å². The summed E-state index contributed by atoms with van der Waals surface area (Å²) in [5, 5.41) is 0.484. The lowest BCUT2D eigenvalue weighted by molar-refractivity contribution is 0.0601. The number of benzene rings is 1. The first kappa shape index (κ1) is 10.4. The van der Waals surface area contributed by atoms with Gasteiger partial charge in [0.05, 0.1) is 29.9 Å². The second kappa shape index (κ2) is 3.77. The standard InChI is InChI=1S/C11H10N2O3/c1-13-6-12-9-5-7(11(15)16-2)3-4-8(9)10(13)14/h3-6H,1-2H3. The number of hydrogen-bond acceptors (Lipinski definition) is 4. The van der Waals surface area contributed by atoms with E-state index in [0.717, 1.165) is 0 Å². The SMILES string of the molecule is COC(=O)c1ccc2c(=O)n(C)cnc2c1. The highest BCUT2D eigenvalue weighted by atomic mass is 16.5. The van der Waals surface area contributed by atoms with Gasteiger partial charge in [0, 0.05) is 7.05 Å². The molecule has 5 heteroatoms. The number of fused-ring (bicyclic) bond motifs is 1. The van der Waals surface area contributed by atoms with Gasteiger partial charge >= 0.3 is 5.97 Å². The molecule has 82 valence electrons. The Bertz CT molecular complexity index is 616. The van der Waals surface area contributed by atoms with Crippen LogP contribution in [0.2, 0.25) is 0 Å². The van der Waals surface area contributed by atoms with Crippen molar-refractivity contribution >= 4 is 16.9 Å². The van der Waals surface area contributed by atoms with Crippen molar-refractivity contribution in [2.24, 2.45) is 7.05 Å². The molecule has 1 heterocycles. The van der Waals surface area contributed by atoms with Gasteiger partial charge in [-0.05, 0) is 18.2 Å². The molecule has 0 radical (unpaired) electrons. The second-order valence-electron chi connectivity index (χ2n) is 3.38. The molecule has 1 aromatic heterocycles. The van der Waals surface area contributed by atoms with Gasteiger partial charge in [-0.15, -0.1) is 0 Å². The molecule has 1 aromatic carbocycles. The molecule has 16 heavy (non-hydrogen) atoms. The molecular weight excluding hydrogens is 208 g/mol. The van der Waals surface area contributed by atoms with Crippen molar-refractivity contribution in [1.82, 2.24) is 9.55 Å². The first-order chi connectivity index (χ1) is 7.63. The van der Waals surface area contributed by atoms with E-state index >= 15 is 0 Å². The van der Waals surface area contributed by atoms with Crippen molar-refractivity contribution in [2.45, 2.75) is 0 Å². The second-order valence-corrected chi connectivity index (χ2v) is 3.38. The normalized spacial score (nSPS) is 10.4. The van der Waals surface area contributed by atoms with Crippen LogP contribution in [0.25, 0.3) is 10.9 Å². The Kier molecular flexibility index (Phi) is 2.44. The minimum absolute atomic E-state index is 0.138. The molecule has 0 aliphatic heterocycles. The minimum Gasteiger partial charge on any atom is -0.465 e. The van der Waals surface area contributed by atoms with Crippen molar-refractivity contribution in [3.8, 4) is 0 Å². The quantitative estimate of drug-likeness (QED) is 0.662. The lowest BCUT2D eigenvalue weighted by atomic mass is 10.1. The third-order valence-electron chi connectivity index (χ3n) is 2.34. The fourth-order valence-electron chi connectivity index (χ4n) is 1.46. The first-order valence-electron chi connectivity index (χ1n) is 4.67. The van der Waals surface area contributed by atoms with Crippen molar-refractivity contribution in [3.05, 3.63) is 40.4 Å². The summed E-state index contributed by atoms with van der Waals surface area (Å²) in [4.78, 5) is 27.0. The molecule has 0 bridgehead atoms. The first-order valence-corrected chi connectivity index (χ1v) is 4.67. The van der Waals surface area contributed by atoms with Crippen LogP contribution in [0.1, 0.15) is 10.4 Å². The highest BCUT2D eigenvalue weighted by Gasteiger charge is 2.08. The molecule has 0 unspecified atom stereocenters. The Balaban J connectivity index is 2.70. The van der Waals surface area contributed by atoms with Gasteiger partial charge in [-0.1, -0.05) is 0 Å². The van der Waals surface area contributed by atoms with E-state index in [1.807, 2.05) is 0 Å². The van der Waals surface area contributed by atoms with Gasteiger partial charge in [0.1, 0.15) is 0 Å². The fourth-order valence-corrected chi connectivity index (χ4v) is 1.46. The molecule has 0 amide bonds. The smallest absolute Gasteiger partial charge is 0.337 e. The molecule has 0 atom stereocenters. The van der Waals surface area contributed by atoms with E-state index in [2.05, 4.69) is 9.72 Å². The van der Waals surface area contributed by atoms with Gasteiger partial charge in [0.15, 0.2) is 0 Å². The summed E-state index contributed by atoms with van der Waals surface area (Å²) >= 11 is 0. The zero-order valence-corrected chi connectivity index (χ0v) is 8.93. The maximum atomic E-state index is 11.7. The van der Waals surface area contributed by atoms with Gasteiger partial charge in [-0.25, -0.2) is 9.78 Å². The van der Waals surface area contributed by atoms with Crippen LogP contribution < -0.4 is 5.56 Å². The average Bonchev–Trinajstić information content (AvgIpc) is 2.32. The monoisotopic (exact) mass is 218 g/mol. The van der Waals surface area contributed by atoms with Crippen LogP contribution in [0, 0.1) is 0 Å². The molecule has 0 spiro atoms. The van der Waals surface area contributed by atoms with Crippen LogP contribution in [0.3, 0.4) is 0 Å². The number of methoxy groups -OCH3 is 1. The Morgan fingerprint density at radius 3 is 2.88 bits per heavy atom. The maximum absolute atomic E-state index is 11.7. The number of aromatic nitrogens is 2. The van der Waals surface area contributed by atoms with E-state index in [9.17, 15) is 9.59 Å². The summed E-state index contributed by atoms with van der Waals surface area (Å²) in [6, 6.07) is 4.68. The predicted molar refractivity (Wildman–Crippen MR) is 58.3 cm³/mol. The summed E-state index contributed by atoms with van der Waals surface area (Å²) in [6.07, 6.45) is 1.42. The van der Waals surface area contributed by atoms with Crippen LogP contribution in [0.4, 0.5) is 0 Å². The Morgan fingerprint density at radius 1 is 1.44 bits per heavy atom. The number of aryl methyl sites for hydroxylation is 1. The van der Waals surface area contributed by atoms with E-state index in [1.165, 1.54) is 18.0 Å². The van der Waals surface area contributed by atoms with Gasteiger partial charge in [-0.3, -0.25) is 4.79 Å². The topological polar surface area (TPSA) is 61.2 Å². The minimum atomic E-state index is -0.440. The number of carbonyl (C=O) groups is 1. The Hall–Kier alpha value is -2.17. The summed E-state index contributed by atoms with van der Waals surface area (Å²) in [7, 11) is 2.94. The number of carbonyl (C=O) groups excluding carboxylic acids is 1. The number of rotatable bonds is 1. The van der Waals surface area contributed by atoms with E-state index in [1.54, 1.807) is 25.2 Å². The van der Waals surface area contributed by atoms with Gasteiger partial charge in [0.25, 0.3) is 5.56 Å². The molecule has 2 aromatic rings. The van der Waals surface area contributed by atoms with Crippen LogP contribution in [0.5, 0.6) is 0 Å². The zero-order valence-electron chi connectivity index (χ0n) is 8.93. The summed E-state index contributed by atoms with van der Waals surface area (Å²) in [5.41, 5.74) is 0.739. The van der Waals surface area contributed by atoms with Crippen LogP contribution in [-0.4, -0.2) is 22.6 Å². The van der Waals surface area contributed by atoms with Crippen molar-refractivity contribution < 1.29 is 9.53 Å². The highest BCUT2D eigenvalue weighted by Crippen LogP contribution is 2.10. The van der Waals surface area contributed by atoms with Crippen LogP contribution in [0.15, 0.2) is 29.3 Å². The Labute approximate surface area is 91.3 Å². The molecule has 0 N–H and O–H groups in total. The lowest BCUT2D eigenvalue weighted by Gasteiger charge is -2.02. The lowest BCUT2D eigenvalue weighted by Crippen LogP contribution is -2.17. The number of nitrogens with zero attached hydrogens (tertiary/aromatic N) is 2. The molecule has 0 saturated carbocycles. The Morgan fingerprint density at radius 2 is 2.19 bits per heavy atom. The zero-order chi connectivity index (χ0) is 11.7. The number of hydrogen-bond donors (Lipinski definition) is 0. The van der Waals surface area contributed by atoms with Crippen molar-refractivity contribution in [1.29, 1.82) is 0 Å². The molecule has 0 aliphatic carbocycles. The maximum Gasteiger partial charge on any atom is 0.337 e. The fraction of sp³-hybridized carbons (Fsp3) is 0.182. The third kappa shape index (κ3) is 1.56. The largest absolute Gasteiger partial charge is 0.465 e. The predicted octanol–water partition coefficient (Wildman–Crippen LogP) is 0.720. The molecule has 2 rings (SSSR count). The van der Waals surface area contributed by atoms with Gasteiger partial charge in [-0.2, -0.15) is 0 Å². The molecular formula is C11H10N2O3. The third-order valence-corrected chi connectivity index (χ3v) is 2.34. The molecule has 0 fully saturated rings. The van der Waals surface area contributed by atoms with Gasteiger partial charge in [0.2, 0.25) is 0 Å². The van der Waals surface area contributed by atoms with Crippen LogP contribution in [-0.2, 0) is 11.8 Å². The van der Waals surface area contributed by atoms with Crippen LogP contribution >= 0.6 is 0 Å². The average molecular weight is 218 g/mol. The van der Waals surface area contributed by atoms with E-state index < -0.39 is 5.97 Å². The number of esters is 1. The molecule has 0 aliphatic rings. The highest BCUT2D eigenvalue weighted by molar-refractivity contribution is 5.93. The summed E-state index contributed by atoms with van der Waals surface area (Å²) in [6.45, 7) is 0. The molecule has 5 nitrogen and oxygen atoms in total. The van der Waals surface area contributed by atoms with E-state index in [0.29, 0.717) is 16.5 Å². The van der Waals surface area contributed by atoms with Gasteiger partial charge < -0.3 is 9.30 Å². The number of ether oxygens (including phenoxy) is 1. The van der Waals surface area contributed by atoms with Crippen molar-refractivity contribution in [2.75, 3.05) is 7.11 Å². The summed E-state index contributed by atoms with van der Waals surface area (Å²) < 4.78 is 5.98. The van der Waals surface area contributed by atoms with E-state index in [-0.39, 0.29) is 5.56 Å². The summed E-state index contributed by atoms with van der Waals surface area (Å²) in [5.74, 6) is -0.440. The molecule has 0 saturated heterocycles.